The van der Waals surface area contributed by atoms with E-state index in [1.807, 2.05) is 37.3 Å². The third-order valence-electron chi connectivity index (χ3n) is 3.25. The molecular formula is C14H14N4O2. The van der Waals surface area contributed by atoms with Gasteiger partial charge in [-0.3, -0.25) is 14.9 Å². The fourth-order valence-corrected chi connectivity index (χ4v) is 2.23. The molecule has 0 aliphatic carbocycles. The van der Waals surface area contributed by atoms with Gasteiger partial charge in [0.05, 0.1) is 5.56 Å². The highest BCUT2D eigenvalue weighted by Crippen LogP contribution is 2.26. The zero-order valence-electron chi connectivity index (χ0n) is 11.0. The number of aromatic nitrogens is 2. The molecule has 20 heavy (non-hydrogen) atoms. The van der Waals surface area contributed by atoms with Gasteiger partial charge in [-0.05, 0) is 19.1 Å². The third-order valence-corrected chi connectivity index (χ3v) is 3.25. The minimum absolute atomic E-state index is 0.366. The standard InChI is InChI=1S/C14H14N4O2/c1-9-6-7-16-18(9)8-12-13(14(19)17-15)10-4-2-3-5-11(10)20-12/h2-7H,8,15H2,1H3,(H,17,19). The van der Waals surface area contributed by atoms with Crippen LogP contribution in [0.5, 0.6) is 0 Å². The molecule has 2 heterocycles. The number of benzene rings is 1. The minimum atomic E-state index is -0.366. The Balaban J connectivity index is 2.14. The van der Waals surface area contributed by atoms with Crippen LogP contribution in [0.4, 0.5) is 0 Å². The zero-order chi connectivity index (χ0) is 14.1. The van der Waals surface area contributed by atoms with Crippen molar-refractivity contribution in [1.29, 1.82) is 0 Å². The Bertz CT molecular complexity index is 772. The fraction of sp³-hybridized carbons (Fsp3) is 0.143. The molecule has 1 aromatic carbocycles. The van der Waals surface area contributed by atoms with Crippen LogP contribution in [0.2, 0.25) is 0 Å². The van der Waals surface area contributed by atoms with E-state index < -0.39 is 0 Å². The molecule has 0 atom stereocenters. The molecule has 0 saturated heterocycles. The summed E-state index contributed by atoms with van der Waals surface area (Å²) in [7, 11) is 0. The maximum Gasteiger partial charge on any atom is 0.269 e. The number of amides is 1. The van der Waals surface area contributed by atoms with Crippen LogP contribution < -0.4 is 11.3 Å². The highest BCUT2D eigenvalue weighted by molar-refractivity contribution is 6.07. The molecule has 1 amide bonds. The number of para-hydroxylation sites is 1. The van der Waals surface area contributed by atoms with Gasteiger partial charge in [0, 0.05) is 17.3 Å². The molecule has 0 unspecified atom stereocenters. The molecule has 6 nitrogen and oxygen atoms in total. The van der Waals surface area contributed by atoms with Crippen LogP contribution in [-0.2, 0) is 6.54 Å². The van der Waals surface area contributed by atoms with Crippen molar-refractivity contribution in [3.63, 3.8) is 0 Å². The van der Waals surface area contributed by atoms with E-state index in [0.717, 1.165) is 11.1 Å². The van der Waals surface area contributed by atoms with Gasteiger partial charge >= 0.3 is 0 Å². The predicted molar refractivity (Wildman–Crippen MR) is 73.9 cm³/mol. The summed E-state index contributed by atoms with van der Waals surface area (Å²) in [5, 5.41) is 4.95. The number of aryl methyl sites for hydroxylation is 1. The van der Waals surface area contributed by atoms with Gasteiger partial charge in [-0.1, -0.05) is 18.2 Å². The molecule has 102 valence electrons. The van der Waals surface area contributed by atoms with E-state index in [4.69, 9.17) is 10.3 Å². The van der Waals surface area contributed by atoms with Crippen LogP contribution in [0.1, 0.15) is 21.8 Å². The van der Waals surface area contributed by atoms with Crippen LogP contribution in [0.15, 0.2) is 40.9 Å². The number of nitrogens with two attached hydrogens (primary N) is 1. The van der Waals surface area contributed by atoms with Crippen molar-refractivity contribution >= 4 is 16.9 Å². The molecule has 0 bridgehead atoms. The number of carbonyl (C=O) groups is 1. The number of carbonyl (C=O) groups excluding carboxylic acids is 1. The highest BCUT2D eigenvalue weighted by Gasteiger charge is 2.20. The molecule has 0 radical (unpaired) electrons. The summed E-state index contributed by atoms with van der Waals surface area (Å²) in [5.41, 5.74) is 4.27. The Labute approximate surface area is 115 Å². The van der Waals surface area contributed by atoms with Gasteiger partial charge in [-0.15, -0.1) is 0 Å². The van der Waals surface area contributed by atoms with Crippen molar-refractivity contribution in [2.24, 2.45) is 5.84 Å². The summed E-state index contributed by atoms with van der Waals surface area (Å²) >= 11 is 0. The number of nitrogens with one attached hydrogen (secondary N) is 1. The first kappa shape index (κ1) is 12.4. The van der Waals surface area contributed by atoms with Gasteiger partial charge in [0.2, 0.25) is 0 Å². The number of nitrogen functional groups attached to an aromatic ring is 1. The SMILES string of the molecule is Cc1ccnn1Cc1oc2ccccc2c1C(=O)NN. The maximum atomic E-state index is 12.0. The average Bonchev–Trinajstić information content (AvgIpc) is 3.02. The monoisotopic (exact) mass is 270 g/mol. The Morgan fingerprint density at radius 2 is 2.20 bits per heavy atom. The summed E-state index contributed by atoms with van der Waals surface area (Å²) in [4.78, 5) is 12.0. The predicted octanol–water partition coefficient (Wildman–Crippen LogP) is 1.59. The van der Waals surface area contributed by atoms with Crippen molar-refractivity contribution in [3.8, 4) is 0 Å². The van der Waals surface area contributed by atoms with E-state index in [2.05, 4.69) is 10.5 Å². The quantitative estimate of drug-likeness (QED) is 0.430. The summed E-state index contributed by atoms with van der Waals surface area (Å²) < 4.78 is 7.54. The summed E-state index contributed by atoms with van der Waals surface area (Å²) in [6.07, 6.45) is 1.71. The Kier molecular flexibility index (Phi) is 3.00. The van der Waals surface area contributed by atoms with E-state index in [1.54, 1.807) is 10.9 Å². The Morgan fingerprint density at radius 1 is 1.40 bits per heavy atom. The first-order chi connectivity index (χ1) is 9.70. The minimum Gasteiger partial charge on any atom is -0.458 e. The second kappa shape index (κ2) is 4.82. The molecule has 0 aliphatic heterocycles. The van der Waals surface area contributed by atoms with Gasteiger partial charge in [0.15, 0.2) is 0 Å². The van der Waals surface area contributed by atoms with Gasteiger partial charge in [-0.2, -0.15) is 5.10 Å². The van der Waals surface area contributed by atoms with E-state index in [0.29, 0.717) is 23.5 Å². The Morgan fingerprint density at radius 3 is 2.90 bits per heavy atom. The number of hydrogen-bond donors (Lipinski definition) is 2. The molecule has 2 aromatic heterocycles. The fourth-order valence-electron chi connectivity index (χ4n) is 2.23. The van der Waals surface area contributed by atoms with Crippen molar-refractivity contribution < 1.29 is 9.21 Å². The summed E-state index contributed by atoms with van der Waals surface area (Å²) in [6, 6.07) is 9.27. The smallest absolute Gasteiger partial charge is 0.269 e. The Hall–Kier alpha value is -2.60. The van der Waals surface area contributed by atoms with Crippen LogP contribution in [0.3, 0.4) is 0 Å². The van der Waals surface area contributed by atoms with Crippen molar-refractivity contribution in [2.45, 2.75) is 13.5 Å². The van der Waals surface area contributed by atoms with Crippen molar-refractivity contribution in [1.82, 2.24) is 15.2 Å². The number of rotatable bonds is 3. The summed E-state index contributed by atoms with van der Waals surface area (Å²) in [6.45, 7) is 2.33. The largest absolute Gasteiger partial charge is 0.458 e. The van der Waals surface area contributed by atoms with E-state index in [9.17, 15) is 4.79 Å². The van der Waals surface area contributed by atoms with Crippen molar-refractivity contribution in [2.75, 3.05) is 0 Å². The molecule has 3 N–H and O–H groups in total. The van der Waals surface area contributed by atoms with E-state index in [-0.39, 0.29) is 5.91 Å². The van der Waals surface area contributed by atoms with Crippen LogP contribution >= 0.6 is 0 Å². The topological polar surface area (TPSA) is 86.1 Å². The summed E-state index contributed by atoms with van der Waals surface area (Å²) in [5.74, 6) is 5.44. The van der Waals surface area contributed by atoms with Crippen LogP contribution in [0.25, 0.3) is 11.0 Å². The second-order valence-electron chi connectivity index (χ2n) is 4.50. The van der Waals surface area contributed by atoms with Crippen LogP contribution in [-0.4, -0.2) is 15.7 Å². The van der Waals surface area contributed by atoms with Gasteiger partial charge in [0.1, 0.15) is 17.9 Å². The second-order valence-corrected chi connectivity index (χ2v) is 4.50. The maximum absolute atomic E-state index is 12.0. The van der Waals surface area contributed by atoms with Crippen LogP contribution in [0, 0.1) is 6.92 Å². The molecular weight excluding hydrogens is 256 g/mol. The molecule has 3 rings (SSSR count). The first-order valence-corrected chi connectivity index (χ1v) is 6.20. The average molecular weight is 270 g/mol. The number of hydrazine groups is 1. The zero-order valence-corrected chi connectivity index (χ0v) is 11.0. The molecule has 6 heteroatoms. The highest BCUT2D eigenvalue weighted by atomic mass is 16.3. The first-order valence-electron chi connectivity index (χ1n) is 6.20. The lowest BCUT2D eigenvalue weighted by Gasteiger charge is -2.04. The van der Waals surface area contributed by atoms with E-state index >= 15 is 0 Å². The molecule has 3 aromatic rings. The van der Waals surface area contributed by atoms with Crippen molar-refractivity contribution in [3.05, 3.63) is 53.5 Å². The normalized spacial score (nSPS) is 10.9. The van der Waals surface area contributed by atoms with Gasteiger partial charge in [0.25, 0.3) is 5.91 Å². The van der Waals surface area contributed by atoms with E-state index in [1.165, 1.54) is 0 Å². The third kappa shape index (κ3) is 1.96. The number of furan rings is 1. The molecule has 0 spiro atoms. The number of nitrogens with zero attached hydrogens (tertiary/aromatic N) is 2. The molecule has 0 saturated carbocycles. The molecule has 0 fully saturated rings. The lowest BCUT2D eigenvalue weighted by molar-refractivity contribution is 0.0953. The lowest BCUT2D eigenvalue weighted by Crippen LogP contribution is -2.30. The van der Waals surface area contributed by atoms with Gasteiger partial charge in [-0.25, -0.2) is 5.84 Å². The lowest BCUT2D eigenvalue weighted by atomic mass is 10.1. The van der Waals surface area contributed by atoms with Gasteiger partial charge < -0.3 is 4.42 Å². The molecule has 0 aliphatic rings. The number of fused-ring (bicyclic) bond motifs is 1. The number of hydrogen-bond acceptors (Lipinski definition) is 4.